The van der Waals surface area contributed by atoms with E-state index in [4.69, 9.17) is 17.9 Å². The molecule has 2 nitrogen and oxygen atoms in total. The molecule has 0 heterocycles. The SMILES string of the molecule is C#Cc1cc(N)cc(CN)c1. The Labute approximate surface area is 66.2 Å². The van der Waals surface area contributed by atoms with Crippen LogP contribution in [0.25, 0.3) is 0 Å². The third kappa shape index (κ3) is 1.73. The molecule has 0 spiro atoms. The summed E-state index contributed by atoms with van der Waals surface area (Å²) < 4.78 is 0. The highest BCUT2D eigenvalue weighted by Gasteiger charge is 1.93. The summed E-state index contributed by atoms with van der Waals surface area (Å²) in [5.74, 6) is 2.51. The van der Waals surface area contributed by atoms with Gasteiger partial charge in [0.25, 0.3) is 0 Å². The number of nitrogen functional groups attached to an aromatic ring is 1. The van der Waals surface area contributed by atoms with Crippen molar-refractivity contribution < 1.29 is 0 Å². The van der Waals surface area contributed by atoms with Gasteiger partial charge in [-0.15, -0.1) is 6.42 Å². The lowest BCUT2D eigenvalue weighted by Gasteiger charge is -1.99. The number of hydrogen-bond acceptors (Lipinski definition) is 2. The van der Waals surface area contributed by atoms with E-state index in [1.807, 2.05) is 12.1 Å². The maximum absolute atomic E-state index is 5.56. The van der Waals surface area contributed by atoms with Crippen LogP contribution in [0.1, 0.15) is 11.1 Å². The van der Waals surface area contributed by atoms with Crippen LogP contribution in [0.3, 0.4) is 0 Å². The van der Waals surface area contributed by atoms with E-state index in [9.17, 15) is 0 Å². The smallest absolute Gasteiger partial charge is 0.0329 e. The largest absolute Gasteiger partial charge is 0.399 e. The lowest BCUT2D eigenvalue weighted by molar-refractivity contribution is 1.07. The predicted molar refractivity (Wildman–Crippen MR) is 46.7 cm³/mol. The molecule has 0 aromatic heterocycles. The predicted octanol–water partition coefficient (Wildman–Crippen LogP) is 0.709. The molecule has 0 aliphatic rings. The zero-order chi connectivity index (χ0) is 8.27. The van der Waals surface area contributed by atoms with Crippen LogP contribution in [-0.4, -0.2) is 0 Å². The molecule has 0 aliphatic carbocycles. The molecular formula is C9H10N2. The van der Waals surface area contributed by atoms with Gasteiger partial charge in [-0.2, -0.15) is 0 Å². The Hall–Kier alpha value is -1.46. The van der Waals surface area contributed by atoms with Crippen molar-refractivity contribution in [2.45, 2.75) is 6.54 Å². The average molecular weight is 146 g/mol. The lowest BCUT2D eigenvalue weighted by Crippen LogP contribution is -1.98. The summed E-state index contributed by atoms with van der Waals surface area (Å²) in [5, 5.41) is 0. The molecule has 0 atom stereocenters. The van der Waals surface area contributed by atoms with Crippen molar-refractivity contribution in [3.63, 3.8) is 0 Å². The molecule has 1 rings (SSSR count). The van der Waals surface area contributed by atoms with Crippen LogP contribution in [0.2, 0.25) is 0 Å². The Kier molecular flexibility index (Phi) is 2.15. The minimum atomic E-state index is 0.472. The fourth-order valence-electron chi connectivity index (χ4n) is 0.920. The molecule has 0 saturated heterocycles. The molecule has 11 heavy (non-hydrogen) atoms. The third-order valence-electron chi connectivity index (χ3n) is 1.42. The van der Waals surface area contributed by atoms with E-state index in [1.165, 1.54) is 0 Å². The van der Waals surface area contributed by atoms with Gasteiger partial charge in [0.05, 0.1) is 0 Å². The van der Waals surface area contributed by atoms with Crippen LogP contribution in [0, 0.1) is 12.3 Å². The second-order valence-electron chi connectivity index (χ2n) is 2.31. The standard InChI is InChI=1S/C9H10N2/c1-2-7-3-8(6-10)5-9(11)4-7/h1,3-5H,6,10-11H2. The normalized spacial score (nSPS) is 9.09. The van der Waals surface area contributed by atoms with Gasteiger partial charge >= 0.3 is 0 Å². The fourth-order valence-corrected chi connectivity index (χ4v) is 0.920. The second kappa shape index (κ2) is 3.09. The highest BCUT2D eigenvalue weighted by atomic mass is 14.6. The van der Waals surface area contributed by atoms with Gasteiger partial charge in [-0.05, 0) is 23.8 Å². The van der Waals surface area contributed by atoms with Crippen LogP contribution >= 0.6 is 0 Å². The van der Waals surface area contributed by atoms with Crippen LogP contribution in [-0.2, 0) is 6.54 Å². The molecule has 0 bridgehead atoms. The summed E-state index contributed by atoms with van der Waals surface area (Å²) in [5.41, 5.74) is 13.4. The number of nitrogens with two attached hydrogens (primary N) is 2. The summed E-state index contributed by atoms with van der Waals surface area (Å²) in [6, 6.07) is 5.43. The highest BCUT2D eigenvalue weighted by molar-refractivity contribution is 5.49. The molecule has 0 fully saturated rings. The van der Waals surface area contributed by atoms with Gasteiger partial charge in [-0.1, -0.05) is 5.92 Å². The average Bonchev–Trinajstić information content (AvgIpc) is 2.03. The van der Waals surface area contributed by atoms with E-state index < -0.39 is 0 Å². The number of anilines is 1. The number of hydrogen-bond donors (Lipinski definition) is 2. The van der Waals surface area contributed by atoms with Crippen molar-refractivity contribution in [1.29, 1.82) is 0 Å². The van der Waals surface area contributed by atoms with E-state index >= 15 is 0 Å². The van der Waals surface area contributed by atoms with Gasteiger partial charge in [0.15, 0.2) is 0 Å². The van der Waals surface area contributed by atoms with Crippen molar-refractivity contribution in [3.05, 3.63) is 29.3 Å². The first kappa shape index (κ1) is 7.64. The third-order valence-corrected chi connectivity index (χ3v) is 1.42. The molecule has 2 heteroatoms. The number of terminal acetylenes is 1. The van der Waals surface area contributed by atoms with E-state index in [0.29, 0.717) is 12.2 Å². The van der Waals surface area contributed by atoms with Crippen molar-refractivity contribution >= 4 is 5.69 Å². The van der Waals surface area contributed by atoms with Gasteiger partial charge in [0.2, 0.25) is 0 Å². The Bertz CT molecular complexity index is 297. The Morgan fingerprint density at radius 3 is 2.64 bits per heavy atom. The first-order chi connectivity index (χ1) is 5.26. The van der Waals surface area contributed by atoms with Crippen LogP contribution in [0.4, 0.5) is 5.69 Å². The Morgan fingerprint density at radius 1 is 1.36 bits per heavy atom. The molecule has 4 N–H and O–H groups in total. The van der Waals surface area contributed by atoms with Gasteiger partial charge < -0.3 is 11.5 Å². The minimum absolute atomic E-state index is 0.472. The van der Waals surface area contributed by atoms with Crippen LogP contribution < -0.4 is 11.5 Å². The van der Waals surface area contributed by atoms with Crippen molar-refractivity contribution in [3.8, 4) is 12.3 Å². The fraction of sp³-hybridized carbons (Fsp3) is 0.111. The van der Waals surface area contributed by atoms with Crippen molar-refractivity contribution in [2.75, 3.05) is 5.73 Å². The van der Waals surface area contributed by atoms with Gasteiger partial charge in [-0.25, -0.2) is 0 Å². The first-order valence-electron chi connectivity index (χ1n) is 3.32. The zero-order valence-electron chi connectivity index (χ0n) is 6.17. The molecule has 0 unspecified atom stereocenters. The number of rotatable bonds is 1. The zero-order valence-corrected chi connectivity index (χ0v) is 6.17. The summed E-state index contributed by atoms with van der Waals surface area (Å²) in [4.78, 5) is 0. The monoisotopic (exact) mass is 146 g/mol. The highest BCUT2D eigenvalue weighted by Crippen LogP contribution is 2.10. The molecular weight excluding hydrogens is 136 g/mol. The minimum Gasteiger partial charge on any atom is -0.399 e. The summed E-state index contributed by atoms with van der Waals surface area (Å²) in [6.07, 6.45) is 5.20. The van der Waals surface area contributed by atoms with Crippen molar-refractivity contribution in [1.82, 2.24) is 0 Å². The summed E-state index contributed by atoms with van der Waals surface area (Å²) in [6.45, 7) is 0.472. The van der Waals surface area contributed by atoms with Crippen LogP contribution in [0.15, 0.2) is 18.2 Å². The molecule has 0 amide bonds. The lowest BCUT2D eigenvalue weighted by atomic mass is 10.1. The molecule has 56 valence electrons. The van der Waals surface area contributed by atoms with Gasteiger partial charge in [0.1, 0.15) is 0 Å². The summed E-state index contributed by atoms with van der Waals surface area (Å²) >= 11 is 0. The Morgan fingerprint density at radius 2 is 2.09 bits per heavy atom. The van der Waals surface area contributed by atoms with Gasteiger partial charge in [-0.3, -0.25) is 0 Å². The Balaban J connectivity index is 3.15. The maximum Gasteiger partial charge on any atom is 0.0329 e. The van der Waals surface area contributed by atoms with E-state index in [0.717, 1.165) is 11.1 Å². The second-order valence-corrected chi connectivity index (χ2v) is 2.31. The van der Waals surface area contributed by atoms with Crippen molar-refractivity contribution in [2.24, 2.45) is 5.73 Å². The first-order valence-corrected chi connectivity index (χ1v) is 3.32. The molecule has 0 aliphatic heterocycles. The van der Waals surface area contributed by atoms with E-state index in [-0.39, 0.29) is 0 Å². The maximum atomic E-state index is 5.56. The van der Waals surface area contributed by atoms with Gasteiger partial charge in [0, 0.05) is 17.8 Å². The molecule has 1 aromatic carbocycles. The summed E-state index contributed by atoms with van der Waals surface area (Å²) in [7, 11) is 0. The van der Waals surface area contributed by atoms with E-state index in [2.05, 4.69) is 5.92 Å². The topological polar surface area (TPSA) is 52.0 Å². The number of benzene rings is 1. The molecule has 1 aromatic rings. The quantitative estimate of drug-likeness (QED) is 0.453. The molecule has 0 saturated carbocycles. The van der Waals surface area contributed by atoms with E-state index in [1.54, 1.807) is 6.07 Å². The van der Waals surface area contributed by atoms with Crippen LogP contribution in [0.5, 0.6) is 0 Å². The molecule has 0 radical (unpaired) electrons.